The van der Waals surface area contributed by atoms with Gasteiger partial charge < -0.3 is 4.57 Å². The third-order valence-electron chi connectivity index (χ3n) is 3.08. The molecule has 2 heterocycles. The third kappa shape index (κ3) is 2.56. The smallest absolute Gasteiger partial charge is 0.289 e. The highest BCUT2D eigenvalue weighted by molar-refractivity contribution is 7.16. The van der Waals surface area contributed by atoms with E-state index in [0.29, 0.717) is 16.2 Å². The van der Waals surface area contributed by atoms with E-state index >= 15 is 0 Å². The van der Waals surface area contributed by atoms with Crippen molar-refractivity contribution >= 4 is 38.8 Å². The van der Waals surface area contributed by atoms with Crippen molar-refractivity contribution in [2.45, 2.75) is 13.5 Å². The molecule has 0 aliphatic carbocycles. The number of rotatable bonds is 2. The van der Waals surface area contributed by atoms with E-state index in [9.17, 15) is 4.79 Å². The normalized spacial score (nSPS) is 11.7. The molecule has 0 radical (unpaired) electrons. The Hall–Kier alpha value is -2.16. The molecule has 0 atom stereocenters. The van der Waals surface area contributed by atoms with Crippen molar-refractivity contribution in [1.82, 2.24) is 4.57 Å². The molecule has 3 aromatic rings. The van der Waals surface area contributed by atoms with Crippen molar-refractivity contribution < 1.29 is 4.79 Å². The van der Waals surface area contributed by atoms with E-state index in [0.717, 1.165) is 15.8 Å². The second kappa shape index (κ2) is 5.68. The molecule has 3 rings (SSSR count). The summed E-state index contributed by atoms with van der Waals surface area (Å²) in [6, 6.07) is 9.68. The van der Waals surface area contributed by atoms with Crippen LogP contribution in [0.15, 0.2) is 40.7 Å². The van der Waals surface area contributed by atoms with Gasteiger partial charge in [-0.3, -0.25) is 4.79 Å². The summed E-state index contributed by atoms with van der Waals surface area (Å²) in [5.41, 5.74) is 2.18. The number of hydrogen-bond acceptors (Lipinski definition) is 3. The number of fused-ring (bicyclic) bond motifs is 1. The topological polar surface area (TPSA) is 34.4 Å². The molecule has 1 aromatic carbocycles. The number of nitrogens with zero attached hydrogens (tertiary/aromatic N) is 2. The van der Waals surface area contributed by atoms with Crippen LogP contribution in [0, 0.1) is 19.3 Å². The van der Waals surface area contributed by atoms with Crippen molar-refractivity contribution in [1.29, 1.82) is 0 Å². The number of carbonyl (C=O) groups is 1. The number of aryl methyl sites for hydroxylation is 1. The number of hydrogen-bond donors (Lipinski definition) is 0. The fraction of sp³-hybridized carbons (Fsp3) is 0.125. The van der Waals surface area contributed by atoms with Crippen molar-refractivity contribution in [3.8, 4) is 12.3 Å². The summed E-state index contributed by atoms with van der Waals surface area (Å²) in [6.45, 7) is 2.44. The van der Waals surface area contributed by atoms with Crippen LogP contribution in [0.1, 0.15) is 15.2 Å². The van der Waals surface area contributed by atoms with Gasteiger partial charge in [0.25, 0.3) is 5.91 Å². The van der Waals surface area contributed by atoms with Gasteiger partial charge in [-0.25, -0.2) is 0 Å². The number of amides is 1. The number of carbonyl (C=O) groups excluding carboxylic acids is 1. The zero-order valence-electron chi connectivity index (χ0n) is 11.4. The maximum absolute atomic E-state index is 12.2. The van der Waals surface area contributed by atoms with Crippen molar-refractivity contribution in [2.75, 3.05) is 0 Å². The van der Waals surface area contributed by atoms with Crippen LogP contribution in [0.4, 0.5) is 0 Å². The van der Waals surface area contributed by atoms with Crippen LogP contribution in [0.3, 0.4) is 0 Å². The van der Waals surface area contributed by atoms with Crippen molar-refractivity contribution in [2.24, 2.45) is 4.99 Å². The SMILES string of the molecule is C#CCn1c(=NC(=O)c2cccs2)sc2cccc(C)c21. The van der Waals surface area contributed by atoms with Crippen LogP contribution < -0.4 is 4.80 Å². The molecular weight excluding hydrogens is 300 g/mol. The van der Waals surface area contributed by atoms with Crippen molar-refractivity contribution in [3.05, 3.63) is 51.0 Å². The number of benzene rings is 1. The highest BCUT2D eigenvalue weighted by Crippen LogP contribution is 2.21. The minimum absolute atomic E-state index is 0.222. The van der Waals surface area contributed by atoms with Gasteiger partial charge in [0.2, 0.25) is 0 Å². The molecule has 0 fully saturated rings. The average molecular weight is 312 g/mol. The van der Waals surface area contributed by atoms with Crippen LogP contribution in [-0.4, -0.2) is 10.5 Å². The Kier molecular flexibility index (Phi) is 3.74. The van der Waals surface area contributed by atoms with E-state index in [2.05, 4.69) is 10.9 Å². The predicted octanol–water partition coefficient (Wildman–Crippen LogP) is 3.45. The number of para-hydroxylation sites is 1. The van der Waals surface area contributed by atoms with E-state index in [1.54, 1.807) is 6.07 Å². The van der Waals surface area contributed by atoms with Gasteiger partial charge in [-0.2, -0.15) is 4.99 Å². The first kappa shape index (κ1) is 13.8. The largest absolute Gasteiger partial charge is 0.304 e. The zero-order valence-corrected chi connectivity index (χ0v) is 13.0. The standard InChI is InChI=1S/C16H12N2OS2/c1-3-9-18-14-11(2)6-4-7-12(14)21-16(18)17-15(19)13-8-5-10-20-13/h1,4-8,10H,9H2,2H3. The molecule has 0 N–H and O–H groups in total. The van der Waals surface area contributed by atoms with Crippen LogP contribution >= 0.6 is 22.7 Å². The molecule has 2 aromatic heterocycles. The van der Waals surface area contributed by atoms with Gasteiger partial charge in [-0.1, -0.05) is 35.5 Å². The molecule has 0 unspecified atom stereocenters. The summed E-state index contributed by atoms with van der Waals surface area (Å²) in [4.78, 5) is 17.7. The highest BCUT2D eigenvalue weighted by Gasteiger charge is 2.10. The summed E-state index contributed by atoms with van der Waals surface area (Å²) in [6.07, 6.45) is 5.46. The first-order valence-electron chi connectivity index (χ1n) is 6.35. The molecule has 0 aliphatic heterocycles. The Morgan fingerprint density at radius 3 is 2.95 bits per heavy atom. The van der Waals surface area contributed by atoms with E-state index in [4.69, 9.17) is 6.42 Å². The number of thiazole rings is 1. The lowest BCUT2D eigenvalue weighted by Gasteiger charge is -2.02. The molecular formula is C16H12N2OS2. The second-order valence-electron chi connectivity index (χ2n) is 4.49. The average Bonchev–Trinajstić information content (AvgIpc) is 3.09. The Morgan fingerprint density at radius 2 is 2.24 bits per heavy atom. The summed E-state index contributed by atoms with van der Waals surface area (Å²) in [7, 11) is 0. The lowest BCUT2D eigenvalue weighted by atomic mass is 10.2. The fourth-order valence-corrected chi connectivity index (χ4v) is 3.89. The van der Waals surface area contributed by atoms with E-state index in [-0.39, 0.29) is 5.91 Å². The summed E-state index contributed by atoms with van der Waals surface area (Å²) < 4.78 is 3.02. The molecule has 0 saturated heterocycles. The molecule has 3 nitrogen and oxygen atoms in total. The molecule has 0 saturated carbocycles. The third-order valence-corrected chi connectivity index (χ3v) is 4.98. The molecule has 1 amide bonds. The van der Waals surface area contributed by atoms with E-state index in [1.165, 1.54) is 22.7 Å². The minimum Gasteiger partial charge on any atom is -0.304 e. The van der Waals surface area contributed by atoms with Crippen LogP contribution in [-0.2, 0) is 6.54 Å². The predicted molar refractivity (Wildman–Crippen MR) is 87.6 cm³/mol. The maximum Gasteiger partial charge on any atom is 0.289 e. The Balaban J connectivity index is 2.23. The summed E-state index contributed by atoms with van der Waals surface area (Å²) >= 11 is 2.88. The number of terminal acetylenes is 1. The zero-order chi connectivity index (χ0) is 14.8. The van der Waals surface area contributed by atoms with Crippen LogP contribution in [0.5, 0.6) is 0 Å². The molecule has 104 valence electrons. The molecule has 0 spiro atoms. The van der Waals surface area contributed by atoms with Gasteiger partial charge in [0, 0.05) is 0 Å². The van der Waals surface area contributed by atoms with E-state index in [1.807, 2.05) is 41.1 Å². The van der Waals surface area contributed by atoms with Crippen molar-refractivity contribution in [3.63, 3.8) is 0 Å². The second-order valence-corrected chi connectivity index (χ2v) is 6.45. The molecule has 0 aliphatic rings. The lowest BCUT2D eigenvalue weighted by molar-refractivity contribution is 0.100. The molecule has 0 bridgehead atoms. The Morgan fingerprint density at radius 1 is 1.38 bits per heavy atom. The quantitative estimate of drug-likeness (QED) is 0.667. The number of aromatic nitrogens is 1. The lowest BCUT2D eigenvalue weighted by Crippen LogP contribution is -2.16. The number of thiophene rings is 1. The van der Waals surface area contributed by atoms with Gasteiger partial charge >= 0.3 is 0 Å². The van der Waals surface area contributed by atoms with Gasteiger partial charge in [0.1, 0.15) is 0 Å². The first-order valence-corrected chi connectivity index (χ1v) is 8.05. The molecule has 21 heavy (non-hydrogen) atoms. The summed E-state index contributed by atoms with van der Waals surface area (Å²) in [5.74, 6) is 2.42. The Bertz CT molecular complexity index is 908. The first-order chi connectivity index (χ1) is 10.2. The van der Waals surface area contributed by atoms with Gasteiger partial charge in [0.05, 0.1) is 21.6 Å². The minimum atomic E-state index is -0.222. The van der Waals surface area contributed by atoms with Crippen LogP contribution in [0.25, 0.3) is 10.2 Å². The monoisotopic (exact) mass is 312 g/mol. The maximum atomic E-state index is 12.2. The van der Waals surface area contributed by atoms with Gasteiger partial charge in [0.15, 0.2) is 4.80 Å². The van der Waals surface area contributed by atoms with Crippen LogP contribution in [0.2, 0.25) is 0 Å². The Labute approximate surface area is 130 Å². The van der Waals surface area contributed by atoms with E-state index < -0.39 is 0 Å². The summed E-state index contributed by atoms with van der Waals surface area (Å²) in [5, 5.41) is 1.87. The molecule has 5 heteroatoms. The van der Waals surface area contributed by atoms with Gasteiger partial charge in [-0.05, 0) is 30.0 Å². The highest BCUT2D eigenvalue weighted by atomic mass is 32.1. The fourth-order valence-electron chi connectivity index (χ4n) is 2.17. The van der Waals surface area contributed by atoms with Gasteiger partial charge in [-0.15, -0.1) is 17.8 Å².